The number of benzene rings is 1. The Hall–Kier alpha value is -3.76. The standard InChI is InChI=1S/C19H18F2N6O3/c1-19(2,3)25-18(28)30-13-8-23-16-15(13)24-12(7-22-16)14-10-6-9(29-17(20)21)4-5-11(10)26-27-14/h4-8,17H,1-3H3,(H,22,23)(H,25,28)(H,26,27). The summed E-state index contributed by atoms with van der Waals surface area (Å²) in [4.78, 5) is 23.8. The molecule has 0 aliphatic heterocycles. The zero-order chi connectivity index (χ0) is 21.5. The summed E-state index contributed by atoms with van der Waals surface area (Å²) in [5.74, 6) is 0.196. The SMILES string of the molecule is CC(C)(C)NC(=O)Oc1c[nH]c2ncc(-c3n[nH]c4ccc(OC(F)F)cc34)nc12. The summed E-state index contributed by atoms with van der Waals surface area (Å²) in [6, 6.07) is 4.44. The molecule has 1 amide bonds. The summed E-state index contributed by atoms with van der Waals surface area (Å²) in [5.41, 5.74) is 1.65. The molecule has 0 aliphatic carbocycles. The first-order chi connectivity index (χ1) is 14.2. The number of fused-ring (bicyclic) bond motifs is 2. The van der Waals surface area contributed by atoms with Crippen LogP contribution in [0.3, 0.4) is 0 Å². The normalized spacial score (nSPS) is 11.9. The molecule has 0 atom stereocenters. The smallest absolute Gasteiger partial charge is 0.413 e. The van der Waals surface area contributed by atoms with E-state index in [0.717, 1.165) is 0 Å². The molecular weight excluding hydrogens is 398 g/mol. The molecule has 11 heteroatoms. The maximum absolute atomic E-state index is 12.5. The molecule has 0 aliphatic rings. The van der Waals surface area contributed by atoms with Gasteiger partial charge in [0.05, 0.1) is 11.7 Å². The number of aromatic nitrogens is 5. The van der Waals surface area contributed by atoms with Crippen molar-refractivity contribution in [2.24, 2.45) is 0 Å². The summed E-state index contributed by atoms with van der Waals surface area (Å²) in [6.07, 6.45) is 2.33. The van der Waals surface area contributed by atoms with Crippen LogP contribution in [0.2, 0.25) is 0 Å². The van der Waals surface area contributed by atoms with Crippen molar-refractivity contribution in [2.45, 2.75) is 32.9 Å². The van der Waals surface area contributed by atoms with Crippen molar-refractivity contribution in [3.63, 3.8) is 0 Å². The molecule has 4 rings (SSSR count). The van der Waals surface area contributed by atoms with E-state index in [1.165, 1.54) is 24.5 Å². The van der Waals surface area contributed by atoms with Gasteiger partial charge in [-0.3, -0.25) is 5.10 Å². The molecule has 156 valence electrons. The molecule has 0 fully saturated rings. The molecular formula is C19H18F2N6O3. The monoisotopic (exact) mass is 416 g/mol. The number of hydrogen-bond donors (Lipinski definition) is 3. The van der Waals surface area contributed by atoms with Crippen LogP contribution >= 0.6 is 0 Å². The van der Waals surface area contributed by atoms with Gasteiger partial charge in [-0.2, -0.15) is 13.9 Å². The third kappa shape index (κ3) is 4.00. The molecule has 0 saturated carbocycles. The van der Waals surface area contributed by atoms with Gasteiger partial charge in [-0.25, -0.2) is 14.8 Å². The van der Waals surface area contributed by atoms with E-state index < -0.39 is 18.2 Å². The summed E-state index contributed by atoms with van der Waals surface area (Å²) in [5, 5.41) is 10.3. The van der Waals surface area contributed by atoms with Crippen molar-refractivity contribution in [1.82, 2.24) is 30.5 Å². The van der Waals surface area contributed by atoms with Gasteiger partial charge in [0.25, 0.3) is 0 Å². The summed E-state index contributed by atoms with van der Waals surface area (Å²) in [7, 11) is 0. The lowest BCUT2D eigenvalue weighted by molar-refractivity contribution is -0.0497. The first-order valence-corrected chi connectivity index (χ1v) is 8.97. The predicted molar refractivity (Wildman–Crippen MR) is 105 cm³/mol. The van der Waals surface area contributed by atoms with Crippen LogP contribution in [0.15, 0.2) is 30.6 Å². The second-order valence-corrected chi connectivity index (χ2v) is 7.53. The topological polar surface area (TPSA) is 118 Å². The fourth-order valence-electron chi connectivity index (χ4n) is 2.86. The number of amides is 1. The average molecular weight is 416 g/mol. The number of carbonyl (C=O) groups is 1. The Morgan fingerprint density at radius 3 is 2.80 bits per heavy atom. The molecule has 3 aromatic heterocycles. The minimum absolute atomic E-state index is 0.00120. The Labute approximate surface area is 168 Å². The lowest BCUT2D eigenvalue weighted by atomic mass is 10.1. The van der Waals surface area contributed by atoms with E-state index in [2.05, 4.69) is 35.2 Å². The van der Waals surface area contributed by atoms with Crippen LogP contribution in [0.4, 0.5) is 13.6 Å². The maximum atomic E-state index is 12.5. The Balaban J connectivity index is 1.71. The average Bonchev–Trinajstić information content (AvgIpc) is 3.23. The van der Waals surface area contributed by atoms with Gasteiger partial charge in [-0.1, -0.05) is 0 Å². The van der Waals surface area contributed by atoms with Gasteiger partial charge in [0.2, 0.25) is 0 Å². The van der Waals surface area contributed by atoms with Crippen LogP contribution in [0.1, 0.15) is 20.8 Å². The van der Waals surface area contributed by atoms with Gasteiger partial charge in [0, 0.05) is 17.1 Å². The number of rotatable bonds is 4. The molecule has 4 aromatic rings. The molecule has 9 nitrogen and oxygen atoms in total. The van der Waals surface area contributed by atoms with Crippen LogP contribution in [0, 0.1) is 0 Å². The van der Waals surface area contributed by atoms with Crippen LogP contribution in [-0.2, 0) is 0 Å². The number of H-pyrrole nitrogens is 2. The van der Waals surface area contributed by atoms with E-state index in [9.17, 15) is 13.6 Å². The number of aromatic amines is 2. The lowest BCUT2D eigenvalue weighted by Crippen LogP contribution is -2.42. The van der Waals surface area contributed by atoms with Crippen LogP contribution < -0.4 is 14.8 Å². The zero-order valence-corrected chi connectivity index (χ0v) is 16.3. The van der Waals surface area contributed by atoms with E-state index in [1.54, 1.807) is 6.07 Å². The molecule has 0 saturated heterocycles. The van der Waals surface area contributed by atoms with Crippen molar-refractivity contribution in [3.8, 4) is 22.9 Å². The van der Waals surface area contributed by atoms with Crippen molar-refractivity contribution in [2.75, 3.05) is 0 Å². The third-order valence-corrected chi connectivity index (χ3v) is 4.03. The largest absolute Gasteiger partial charge is 0.435 e. The molecule has 0 spiro atoms. The van der Waals surface area contributed by atoms with Gasteiger partial charge < -0.3 is 19.8 Å². The number of halogens is 2. The zero-order valence-electron chi connectivity index (χ0n) is 16.3. The number of alkyl halides is 2. The quantitative estimate of drug-likeness (QED) is 0.463. The van der Waals surface area contributed by atoms with Crippen molar-refractivity contribution in [3.05, 3.63) is 30.6 Å². The van der Waals surface area contributed by atoms with Crippen molar-refractivity contribution < 1.29 is 23.0 Å². The van der Waals surface area contributed by atoms with Gasteiger partial charge >= 0.3 is 12.7 Å². The molecule has 0 bridgehead atoms. The first kappa shape index (κ1) is 19.6. The predicted octanol–water partition coefficient (Wildman–Crippen LogP) is 3.99. The summed E-state index contributed by atoms with van der Waals surface area (Å²) >= 11 is 0. The van der Waals surface area contributed by atoms with Crippen molar-refractivity contribution >= 4 is 28.2 Å². The molecule has 30 heavy (non-hydrogen) atoms. The Morgan fingerprint density at radius 2 is 2.07 bits per heavy atom. The Kier molecular flexibility index (Phi) is 4.72. The number of nitrogens with zero attached hydrogens (tertiary/aromatic N) is 3. The highest BCUT2D eigenvalue weighted by Crippen LogP contribution is 2.31. The van der Waals surface area contributed by atoms with E-state index in [-0.39, 0.29) is 11.5 Å². The molecule has 3 N–H and O–H groups in total. The number of carbonyl (C=O) groups excluding carboxylic acids is 1. The van der Waals surface area contributed by atoms with E-state index in [0.29, 0.717) is 33.5 Å². The van der Waals surface area contributed by atoms with Crippen molar-refractivity contribution in [1.29, 1.82) is 0 Å². The van der Waals surface area contributed by atoms with E-state index in [1.807, 2.05) is 20.8 Å². The van der Waals surface area contributed by atoms with Crippen LogP contribution in [0.25, 0.3) is 33.5 Å². The molecule has 1 aromatic carbocycles. The van der Waals surface area contributed by atoms with Crippen LogP contribution in [0.5, 0.6) is 11.5 Å². The van der Waals surface area contributed by atoms with E-state index in [4.69, 9.17) is 4.74 Å². The van der Waals surface area contributed by atoms with Gasteiger partial charge in [-0.05, 0) is 39.0 Å². The summed E-state index contributed by atoms with van der Waals surface area (Å²) < 4.78 is 34.9. The van der Waals surface area contributed by atoms with E-state index >= 15 is 0 Å². The fourth-order valence-corrected chi connectivity index (χ4v) is 2.86. The van der Waals surface area contributed by atoms with Gasteiger partial charge in [0.15, 0.2) is 16.9 Å². The second-order valence-electron chi connectivity index (χ2n) is 7.53. The maximum Gasteiger partial charge on any atom is 0.413 e. The number of ether oxygens (including phenoxy) is 2. The highest BCUT2D eigenvalue weighted by Gasteiger charge is 2.19. The third-order valence-electron chi connectivity index (χ3n) is 4.03. The van der Waals surface area contributed by atoms with Gasteiger partial charge in [-0.15, -0.1) is 0 Å². The fraction of sp³-hybridized carbons (Fsp3) is 0.263. The Morgan fingerprint density at radius 1 is 1.27 bits per heavy atom. The molecule has 3 heterocycles. The highest BCUT2D eigenvalue weighted by atomic mass is 19.3. The minimum Gasteiger partial charge on any atom is -0.435 e. The molecule has 0 radical (unpaired) electrons. The number of nitrogens with one attached hydrogen (secondary N) is 3. The van der Waals surface area contributed by atoms with Gasteiger partial charge in [0.1, 0.15) is 17.1 Å². The first-order valence-electron chi connectivity index (χ1n) is 8.97. The highest BCUT2D eigenvalue weighted by molar-refractivity contribution is 5.94. The molecule has 0 unspecified atom stereocenters. The minimum atomic E-state index is -2.94. The number of hydrogen-bond acceptors (Lipinski definition) is 6. The van der Waals surface area contributed by atoms with Crippen LogP contribution in [-0.4, -0.2) is 43.4 Å². The summed E-state index contributed by atoms with van der Waals surface area (Å²) in [6.45, 7) is 2.55. The lowest BCUT2D eigenvalue weighted by Gasteiger charge is -2.19. The Bertz CT molecular complexity index is 1230. The second kappa shape index (κ2) is 7.25.